The number of phenols is 1. The van der Waals surface area contributed by atoms with E-state index in [0.29, 0.717) is 11.1 Å². The Bertz CT molecular complexity index is 949. The van der Waals surface area contributed by atoms with Crippen molar-refractivity contribution in [2.24, 2.45) is 0 Å². The number of alkyl carbamates (subject to hydrolysis) is 1. The molecule has 1 saturated heterocycles. The number of carbonyl (C=O) groups excluding carboxylic acids is 3. The number of ether oxygens (including phenoxy) is 2. The number of methoxy groups -OCH3 is 1. The van der Waals surface area contributed by atoms with Crippen LogP contribution in [0.2, 0.25) is 0 Å². The fourth-order valence-corrected chi connectivity index (χ4v) is 3.20. The topological polar surface area (TPSA) is 154 Å². The standard InChI is InChI=1S/C22H29N3O8/c1-12(11-32-5)17(20(29)30)25-10-15(19(25)28)23-18(27)16(13-6-8-14(26)9-7-13)24-21(31)33-22(2,3)4/h6-9,15-16,26H,10-11H2,1-5H3,(H,23,27)(H,24,31)(H,29,30). The molecule has 1 aromatic carbocycles. The zero-order chi connectivity index (χ0) is 24.9. The highest BCUT2D eigenvalue weighted by Crippen LogP contribution is 2.23. The molecule has 1 aromatic rings. The van der Waals surface area contributed by atoms with Crippen molar-refractivity contribution >= 4 is 23.9 Å². The molecule has 1 aliphatic heterocycles. The molecule has 2 atom stereocenters. The molecule has 11 nitrogen and oxygen atoms in total. The van der Waals surface area contributed by atoms with E-state index in [1.54, 1.807) is 20.8 Å². The third kappa shape index (κ3) is 6.69. The summed E-state index contributed by atoms with van der Waals surface area (Å²) in [5, 5.41) is 24.0. The molecule has 0 aliphatic carbocycles. The highest BCUT2D eigenvalue weighted by molar-refractivity contribution is 6.01. The van der Waals surface area contributed by atoms with Crippen molar-refractivity contribution in [2.45, 2.75) is 45.4 Å². The molecule has 2 unspecified atom stereocenters. The summed E-state index contributed by atoms with van der Waals surface area (Å²) in [4.78, 5) is 50.5. The van der Waals surface area contributed by atoms with E-state index in [2.05, 4.69) is 10.6 Å². The molecule has 4 N–H and O–H groups in total. The molecular weight excluding hydrogens is 434 g/mol. The Hall–Kier alpha value is -3.60. The summed E-state index contributed by atoms with van der Waals surface area (Å²) in [6, 6.07) is 3.42. The second-order valence-corrected chi connectivity index (χ2v) is 8.55. The summed E-state index contributed by atoms with van der Waals surface area (Å²) in [5.74, 6) is -2.60. The zero-order valence-electron chi connectivity index (χ0n) is 19.2. The molecule has 3 amide bonds. The van der Waals surface area contributed by atoms with Crippen LogP contribution in [0.4, 0.5) is 4.79 Å². The summed E-state index contributed by atoms with van der Waals surface area (Å²) in [5.41, 5.74) is -0.294. The number of aromatic hydroxyl groups is 1. The van der Waals surface area contributed by atoms with E-state index in [4.69, 9.17) is 9.47 Å². The van der Waals surface area contributed by atoms with E-state index < -0.39 is 41.6 Å². The summed E-state index contributed by atoms with van der Waals surface area (Å²) < 4.78 is 10.2. The molecule has 0 radical (unpaired) electrons. The molecule has 33 heavy (non-hydrogen) atoms. The number of nitrogens with zero attached hydrogens (tertiary/aromatic N) is 1. The van der Waals surface area contributed by atoms with Gasteiger partial charge in [-0.1, -0.05) is 12.1 Å². The number of β-lactam (4-membered cyclic amide) rings is 1. The summed E-state index contributed by atoms with van der Waals surface area (Å²) >= 11 is 0. The van der Waals surface area contributed by atoms with Crippen molar-refractivity contribution in [3.8, 4) is 5.75 Å². The van der Waals surface area contributed by atoms with Crippen LogP contribution < -0.4 is 10.6 Å². The van der Waals surface area contributed by atoms with Crippen LogP contribution in [0.3, 0.4) is 0 Å². The summed E-state index contributed by atoms with van der Waals surface area (Å²) in [7, 11) is 1.41. The van der Waals surface area contributed by atoms with Gasteiger partial charge in [0.2, 0.25) is 5.91 Å². The average Bonchev–Trinajstić information content (AvgIpc) is 2.70. The highest BCUT2D eigenvalue weighted by Gasteiger charge is 2.43. The van der Waals surface area contributed by atoms with E-state index in [9.17, 15) is 29.4 Å². The van der Waals surface area contributed by atoms with Crippen LogP contribution >= 0.6 is 0 Å². The average molecular weight is 463 g/mol. The van der Waals surface area contributed by atoms with Crippen LogP contribution in [-0.2, 0) is 23.9 Å². The fourth-order valence-electron chi connectivity index (χ4n) is 3.20. The lowest BCUT2D eigenvalue weighted by Gasteiger charge is -2.39. The first-order valence-electron chi connectivity index (χ1n) is 10.2. The Balaban J connectivity index is 2.17. The maximum atomic E-state index is 13.0. The molecule has 0 saturated carbocycles. The Morgan fingerprint density at radius 1 is 1.21 bits per heavy atom. The van der Waals surface area contributed by atoms with E-state index in [1.807, 2.05) is 0 Å². The second-order valence-electron chi connectivity index (χ2n) is 8.55. The van der Waals surface area contributed by atoms with Gasteiger partial charge in [-0.05, 0) is 51.0 Å². The lowest BCUT2D eigenvalue weighted by atomic mass is 10.0. The fraction of sp³-hybridized carbons (Fsp3) is 0.455. The summed E-state index contributed by atoms with van der Waals surface area (Å²) in [6.45, 7) is 6.53. The van der Waals surface area contributed by atoms with Crippen LogP contribution in [0.1, 0.15) is 39.3 Å². The molecule has 1 fully saturated rings. The quantitative estimate of drug-likeness (QED) is 0.332. The number of likely N-dealkylation sites (tertiary alicyclic amines) is 1. The van der Waals surface area contributed by atoms with Gasteiger partial charge in [-0.2, -0.15) is 0 Å². The van der Waals surface area contributed by atoms with Crippen LogP contribution in [-0.4, -0.2) is 70.9 Å². The number of benzene rings is 1. The van der Waals surface area contributed by atoms with Gasteiger partial charge in [0.1, 0.15) is 29.1 Å². The van der Waals surface area contributed by atoms with Gasteiger partial charge in [-0.15, -0.1) is 0 Å². The van der Waals surface area contributed by atoms with Gasteiger partial charge in [-0.25, -0.2) is 9.59 Å². The Morgan fingerprint density at radius 2 is 1.82 bits per heavy atom. The minimum Gasteiger partial charge on any atom is -0.508 e. The number of phenolic OH excluding ortho intramolecular Hbond substituents is 1. The molecule has 180 valence electrons. The van der Waals surface area contributed by atoms with Crippen LogP contribution in [0.25, 0.3) is 0 Å². The zero-order valence-corrected chi connectivity index (χ0v) is 19.2. The molecule has 2 rings (SSSR count). The van der Waals surface area contributed by atoms with E-state index >= 15 is 0 Å². The highest BCUT2D eigenvalue weighted by atomic mass is 16.6. The molecule has 11 heteroatoms. The van der Waals surface area contributed by atoms with Crippen molar-refractivity contribution in [1.82, 2.24) is 15.5 Å². The van der Waals surface area contributed by atoms with Gasteiger partial charge >= 0.3 is 12.1 Å². The van der Waals surface area contributed by atoms with Crippen molar-refractivity contribution in [1.29, 1.82) is 0 Å². The van der Waals surface area contributed by atoms with Gasteiger partial charge in [0.25, 0.3) is 5.91 Å². The number of carboxylic acid groups (broad SMARTS) is 1. The number of amides is 3. The number of carboxylic acids is 1. The second kappa shape index (κ2) is 10.3. The van der Waals surface area contributed by atoms with Crippen LogP contribution in [0, 0.1) is 0 Å². The lowest BCUT2D eigenvalue weighted by Crippen LogP contribution is -2.65. The van der Waals surface area contributed by atoms with Crippen LogP contribution in [0.5, 0.6) is 5.75 Å². The smallest absolute Gasteiger partial charge is 0.408 e. The number of hydrogen-bond acceptors (Lipinski definition) is 7. The van der Waals surface area contributed by atoms with Gasteiger partial charge in [0, 0.05) is 7.11 Å². The number of aliphatic carboxylic acids is 1. The molecular formula is C22H29N3O8. The van der Waals surface area contributed by atoms with Gasteiger partial charge in [0.05, 0.1) is 13.2 Å². The Labute approximate surface area is 191 Å². The summed E-state index contributed by atoms with van der Waals surface area (Å²) in [6.07, 6.45) is -0.844. The third-order valence-corrected chi connectivity index (χ3v) is 4.63. The molecule has 1 heterocycles. The number of nitrogens with one attached hydrogen (secondary N) is 2. The monoisotopic (exact) mass is 463 g/mol. The van der Waals surface area contributed by atoms with E-state index in [0.717, 1.165) is 4.90 Å². The normalized spacial score (nSPS) is 17.4. The first-order valence-corrected chi connectivity index (χ1v) is 10.2. The molecule has 1 aliphatic rings. The van der Waals surface area contributed by atoms with Crippen molar-refractivity contribution in [3.63, 3.8) is 0 Å². The van der Waals surface area contributed by atoms with Gasteiger partial charge in [-0.3, -0.25) is 9.59 Å². The molecule has 0 bridgehead atoms. The largest absolute Gasteiger partial charge is 0.508 e. The van der Waals surface area contributed by atoms with Gasteiger partial charge < -0.3 is 35.2 Å². The minimum atomic E-state index is -1.28. The predicted molar refractivity (Wildman–Crippen MR) is 116 cm³/mol. The SMILES string of the molecule is COCC(C)=C(C(=O)O)N1CC(NC(=O)C(NC(=O)OC(C)(C)C)c2ccc(O)cc2)C1=O. The Morgan fingerprint density at radius 3 is 2.30 bits per heavy atom. The van der Waals surface area contributed by atoms with Crippen molar-refractivity contribution in [2.75, 3.05) is 20.3 Å². The first kappa shape index (κ1) is 25.7. The number of hydrogen-bond donors (Lipinski definition) is 4. The predicted octanol–water partition coefficient (Wildman–Crippen LogP) is 1.29. The Kier molecular flexibility index (Phi) is 8.04. The maximum absolute atomic E-state index is 13.0. The van der Waals surface area contributed by atoms with E-state index in [1.165, 1.54) is 38.3 Å². The van der Waals surface area contributed by atoms with Crippen LogP contribution in [0.15, 0.2) is 35.5 Å². The molecule has 0 aromatic heterocycles. The maximum Gasteiger partial charge on any atom is 0.408 e. The molecule has 0 spiro atoms. The first-order chi connectivity index (χ1) is 15.3. The van der Waals surface area contributed by atoms with E-state index in [-0.39, 0.29) is 24.6 Å². The number of carbonyl (C=O) groups is 4. The minimum absolute atomic E-state index is 0.0283. The van der Waals surface area contributed by atoms with Crippen molar-refractivity contribution in [3.05, 3.63) is 41.1 Å². The van der Waals surface area contributed by atoms with Crippen molar-refractivity contribution < 1.29 is 38.9 Å². The lowest BCUT2D eigenvalue weighted by molar-refractivity contribution is -0.149. The third-order valence-electron chi connectivity index (χ3n) is 4.63. The number of rotatable bonds is 8. The van der Waals surface area contributed by atoms with Gasteiger partial charge in [0.15, 0.2) is 0 Å².